The average molecular weight is 536 g/mol. The molecule has 0 fully saturated rings. The minimum absolute atomic E-state index is 0.0438. The number of H-pyrrole nitrogens is 1. The maximum absolute atomic E-state index is 13.4. The number of alkyl halides is 6. The lowest BCUT2D eigenvalue weighted by Gasteiger charge is -2.16. The molecule has 0 spiro atoms. The minimum atomic E-state index is -5.03. The fourth-order valence-electron chi connectivity index (χ4n) is 3.51. The van der Waals surface area contributed by atoms with Crippen LogP contribution in [0.1, 0.15) is 27.0 Å². The van der Waals surface area contributed by atoms with Gasteiger partial charge >= 0.3 is 12.4 Å². The molecule has 0 saturated carbocycles. The molecule has 4 aromatic rings. The Kier molecular flexibility index (Phi) is 7.28. The van der Waals surface area contributed by atoms with Crippen LogP contribution in [0.25, 0.3) is 10.9 Å². The number of aromatic nitrogens is 2. The van der Waals surface area contributed by atoms with Crippen LogP contribution in [0.4, 0.5) is 32.2 Å². The molecule has 0 aliphatic heterocycles. The summed E-state index contributed by atoms with van der Waals surface area (Å²) in [4.78, 5) is 24.4. The number of rotatable bonds is 7. The molecule has 3 N–H and O–H groups in total. The largest absolute Gasteiger partial charge is 0.489 e. The first-order valence-electron chi connectivity index (χ1n) is 10.9. The van der Waals surface area contributed by atoms with E-state index < -0.39 is 47.5 Å². The molecule has 0 saturated heterocycles. The van der Waals surface area contributed by atoms with Crippen molar-refractivity contribution < 1.29 is 40.7 Å². The maximum atomic E-state index is 13.4. The molecule has 0 aliphatic carbocycles. The van der Waals surface area contributed by atoms with Gasteiger partial charge in [-0.05, 0) is 42.5 Å². The summed E-state index contributed by atoms with van der Waals surface area (Å²) in [5.74, 6) is -0.881. The molecule has 0 radical (unpaired) electrons. The molecule has 1 heterocycles. The molecule has 13 heteroatoms. The van der Waals surface area contributed by atoms with Crippen molar-refractivity contribution in [3.8, 4) is 5.75 Å². The van der Waals surface area contributed by atoms with E-state index in [0.717, 1.165) is 6.07 Å². The van der Waals surface area contributed by atoms with Gasteiger partial charge in [-0.2, -0.15) is 31.4 Å². The van der Waals surface area contributed by atoms with Crippen molar-refractivity contribution >= 4 is 28.5 Å². The highest BCUT2D eigenvalue weighted by Gasteiger charge is 2.38. The molecule has 0 atom stereocenters. The molecule has 0 unspecified atom stereocenters. The van der Waals surface area contributed by atoms with Crippen LogP contribution >= 0.6 is 0 Å². The van der Waals surface area contributed by atoms with Crippen LogP contribution < -0.4 is 15.4 Å². The Hall–Kier alpha value is -4.55. The number of nitrogens with one attached hydrogen (secondary N) is 3. The standard InChI is InChI=1S/C25H18F6N4O3/c26-24(27,28)16-7-6-15(19(10-16)25(29,30)31)13-38-17-8-9-20-18(11-17)22(35-34-20)33-21(36)12-32-23(37)14-4-2-1-3-5-14/h1-11H,12-13H2,(H,32,37)(H2,33,34,35,36). The smallest absolute Gasteiger partial charge is 0.416 e. The van der Waals surface area contributed by atoms with Gasteiger partial charge in [-0.25, -0.2) is 0 Å². The van der Waals surface area contributed by atoms with E-state index in [-0.39, 0.29) is 24.2 Å². The number of carbonyl (C=O) groups excluding carboxylic acids is 2. The molecular formula is C25H18F6N4O3. The predicted octanol–water partition coefficient (Wildman–Crippen LogP) is 5.55. The summed E-state index contributed by atoms with van der Waals surface area (Å²) < 4.78 is 84.3. The predicted molar refractivity (Wildman–Crippen MR) is 124 cm³/mol. The van der Waals surface area contributed by atoms with Crippen LogP contribution in [0.3, 0.4) is 0 Å². The summed E-state index contributed by atoms with van der Waals surface area (Å²) in [6.45, 7) is -1.02. The van der Waals surface area contributed by atoms with E-state index in [1.54, 1.807) is 30.3 Å². The van der Waals surface area contributed by atoms with E-state index in [0.29, 0.717) is 22.5 Å². The van der Waals surface area contributed by atoms with Gasteiger partial charge in [0, 0.05) is 16.5 Å². The molecule has 4 rings (SSSR count). The molecular weight excluding hydrogens is 518 g/mol. The van der Waals surface area contributed by atoms with Crippen molar-refractivity contribution in [1.82, 2.24) is 15.5 Å². The Morgan fingerprint density at radius 3 is 2.32 bits per heavy atom. The minimum Gasteiger partial charge on any atom is -0.489 e. The number of fused-ring (bicyclic) bond motifs is 1. The lowest BCUT2D eigenvalue weighted by molar-refractivity contribution is -0.143. The van der Waals surface area contributed by atoms with Gasteiger partial charge in [0.15, 0.2) is 5.82 Å². The lowest BCUT2D eigenvalue weighted by Crippen LogP contribution is -2.32. The van der Waals surface area contributed by atoms with Gasteiger partial charge in [0.25, 0.3) is 5.91 Å². The normalized spacial score (nSPS) is 11.8. The molecule has 2 amide bonds. The quantitative estimate of drug-likeness (QED) is 0.270. The number of benzene rings is 3. The number of hydrogen-bond acceptors (Lipinski definition) is 4. The lowest BCUT2D eigenvalue weighted by atomic mass is 10.0. The van der Waals surface area contributed by atoms with E-state index >= 15 is 0 Å². The van der Waals surface area contributed by atoms with E-state index in [4.69, 9.17) is 4.74 Å². The monoisotopic (exact) mass is 536 g/mol. The van der Waals surface area contributed by atoms with E-state index in [1.165, 1.54) is 18.2 Å². The highest BCUT2D eigenvalue weighted by atomic mass is 19.4. The molecule has 0 bridgehead atoms. The Labute approximate surface area is 210 Å². The summed E-state index contributed by atoms with van der Waals surface area (Å²) in [5, 5.41) is 12.0. The van der Waals surface area contributed by atoms with Gasteiger partial charge < -0.3 is 15.4 Å². The first-order chi connectivity index (χ1) is 17.9. The SMILES string of the molecule is O=C(CNC(=O)c1ccccc1)Nc1n[nH]c2ccc(OCc3ccc(C(F)(F)F)cc3C(F)(F)F)cc12. The Morgan fingerprint density at radius 1 is 0.895 bits per heavy atom. The molecule has 7 nitrogen and oxygen atoms in total. The number of carbonyl (C=O) groups is 2. The van der Waals surface area contributed by atoms with Crippen LogP contribution in [0, 0.1) is 0 Å². The highest BCUT2D eigenvalue weighted by molar-refractivity contribution is 6.03. The summed E-state index contributed by atoms with van der Waals surface area (Å²) in [5.41, 5.74) is -2.53. The number of hydrogen-bond donors (Lipinski definition) is 3. The second-order valence-corrected chi connectivity index (χ2v) is 8.03. The number of halogens is 6. The van der Waals surface area contributed by atoms with E-state index in [9.17, 15) is 35.9 Å². The number of anilines is 1. The van der Waals surface area contributed by atoms with Gasteiger partial charge in [0.2, 0.25) is 5.91 Å². The number of aromatic amines is 1. The molecule has 0 aliphatic rings. The van der Waals surface area contributed by atoms with Crippen LogP contribution in [-0.4, -0.2) is 28.6 Å². The van der Waals surface area contributed by atoms with Crippen LogP contribution in [0.2, 0.25) is 0 Å². The topological polar surface area (TPSA) is 96.1 Å². The zero-order chi connectivity index (χ0) is 27.5. The fraction of sp³-hybridized carbons (Fsp3) is 0.160. The third-order valence-electron chi connectivity index (χ3n) is 5.37. The van der Waals surface area contributed by atoms with E-state index in [2.05, 4.69) is 20.8 Å². The first kappa shape index (κ1) is 26.5. The zero-order valence-corrected chi connectivity index (χ0v) is 19.2. The zero-order valence-electron chi connectivity index (χ0n) is 19.2. The maximum Gasteiger partial charge on any atom is 0.416 e. The van der Waals surface area contributed by atoms with Crippen LogP contribution in [-0.2, 0) is 23.8 Å². The number of nitrogens with zero attached hydrogens (tertiary/aromatic N) is 1. The number of amides is 2. The summed E-state index contributed by atoms with van der Waals surface area (Å²) in [7, 11) is 0. The van der Waals surface area contributed by atoms with Crippen molar-refractivity contribution in [2.45, 2.75) is 19.0 Å². The van der Waals surface area contributed by atoms with Gasteiger partial charge in [-0.1, -0.05) is 24.3 Å². The van der Waals surface area contributed by atoms with E-state index in [1.807, 2.05) is 0 Å². The third kappa shape index (κ3) is 6.22. The first-order valence-corrected chi connectivity index (χ1v) is 10.9. The highest BCUT2D eigenvalue weighted by Crippen LogP contribution is 2.38. The van der Waals surface area contributed by atoms with Crippen LogP contribution in [0.5, 0.6) is 5.75 Å². The van der Waals surface area contributed by atoms with Gasteiger partial charge in [0.05, 0.1) is 23.2 Å². The van der Waals surface area contributed by atoms with Gasteiger partial charge in [-0.3, -0.25) is 14.7 Å². The summed E-state index contributed by atoms with van der Waals surface area (Å²) in [6.07, 6.45) is -9.96. The molecule has 198 valence electrons. The van der Waals surface area contributed by atoms with Crippen molar-refractivity contribution in [3.05, 3.63) is 89.0 Å². The Bertz CT molecular complexity index is 1470. The third-order valence-corrected chi connectivity index (χ3v) is 5.37. The van der Waals surface area contributed by atoms with Crippen molar-refractivity contribution in [1.29, 1.82) is 0 Å². The summed E-state index contributed by atoms with van der Waals surface area (Å²) >= 11 is 0. The Morgan fingerprint density at radius 2 is 1.63 bits per heavy atom. The molecule has 1 aromatic heterocycles. The fourth-order valence-corrected chi connectivity index (χ4v) is 3.51. The summed E-state index contributed by atoms with van der Waals surface area (Å²) in [6, 6.07) is 13.9. The van der Waals surface area contributed by atoms with Crippen LogP contribution in [0.15, 0.2) is 66.7 Å². The van der Waals surface area contributed by atoms with Gasteiger partial charge in [-0.15, -0.1) is 0 Å². The van der Waals surface area contributed by atoms with Crippen molar-refractivity contribution in [3.63, 3.8) is 0 Å². The Balaban J connectivity index is 1.45. The van der Waals surface area contributed by atoms with Crippen molar-refractivity contribution in [2.24, 2.45) is 0 Å². The molecule has 38 heavy (non-hydrogen) atoms. The second kappa shape index (κ2) is 10.4. The second-order valence-electron chi connectivity index (χ2n) is 8.03. The van der Waals surface area contributed by atoms with Gasteiger partial charge in [0.1, 0.15) is 12.4 Å². The molecule has 3 aromatic carbocycles. The van der Waals surface area contributed by atoms with Crippen molar-refractivity contribution in [2.75, 3.05) is 11.9 Å². The number of ether oxygens (including phenoxy) is 1. The average Bonchev–Trinajstić information content (AvgIpc) is 3.27.